The number of ether oxygens (including phenoxy) is 1. The van der Waals surface area contributed by atoms with Crippen molar-refractivity contribution >= 4 is 29.3 Å². The minimum Gasteiger partial charge on any atom is -0.460 e. The molecule has 1 heterocycles. The van der Waals surface area contributed by atoms with Crippen molar-refractivity contribution < 1.29 is 73.9 Å². The third-order valence-electron chi connectivity index (χ3n) is 2.44. The Labute approximate surface area is 155 Å². The minimum atomic E-state index is -5.06. The molecule has 100 valence electrons. The molecule has 0 aliphatic rings. The molecule has 0 fully saturated rings. The van der Waals surface area contributed by atoms with Gasteiger partial charge in [0.2, 0.25) is 5.82 Å². The number of halogens is 3. The second-order valence-corrected chi connectivity index (χ2v) is 3.81. The molecule has 0 unspecified atom stereocenters. The molecule has 20 heavy (non-hydrogen) atoms. The molecule has 0 spiro atoms. The van der Waals surface area contributed by atoms with Gasteiger partial charge in [0.15, 0.2) is 0 Å². The molecule has 1 aromatic carbocycles. The van der Waals surface area contributed by atoms with Gasteiger partial charge in [0, 0.05) is 11.6 Å². The fourth-order valence-electron chi connectivity index (χ4n) is 1.55. The maximum absolute atomic E-state index is 12.6. The van der Waals surface area contributed by atoms with Crippen LogP contribution in [0.1, 0.15) is 17.5 Å². The van der Waals surface area contributed by atoms with Crippen LogP contribution >= 0.6 is 0 Å². The maximum atomic E-state index is 12.6. The van der Waals surface area contributed by atoms with Crippen LogP contribution in [0, 0.1) is 0 Å². The summed E-state index contributed by atoms with van der Waals surface area (Å²) in [6.07, 6.45) is 1.18. The Morgan fingerprint density at radius 1 is 1.35 bits per heavy atom. The zero-order valence-electron chi connectivity index (χ0n) is 10.9. The van der Waals surface area contributed by atoms with Crippen molar-refractivity contribution in [2.24, 2.45) is 0 Å². The summed E-state index contributed by atoms with van der Waals surface area (Å²) in [7, 11) is 0. The molecule has 0 aliphatic heterocycles. The van der Waals surface area contributed by atoms with Crippen molar-refractivity contribution in [3.8, 4) is 0 Å². The third-order valence-corrected chi connectivity index (χ3v) is 2.44. The van der Waals surface area contributed by atoms with E-state index in [2.05, 4.69) is 9.97 Å². The normalized spacial score (nSPS) is 11.0. The van der Waals surface area contributed by atoms with Crippen molar-refractivity contribution in [3.05, 3.63) is 30.2 Å². The molecule has 0 aliphatic carbocycles. The Bertz CT molecular complexity index is 637. The number of rotatable bonds is 3. The van der Waals surface area contributed by atoms with Crippen LogP contribution in [0.5, 0.6) is 0 Å². The van der Waals surface area contributed by atoms with Gasteiger partial charge in [-0.25, -0.2) is 14.8 Å². The van der Waals surface area contributed by atoms with E-state index in [1.807, 2.05) is 0 Å². The van der Waals surface area contributed by atoms with E-state index in [-0.39, 0.29) is 74.7 Å². The van der Waals surface area contributed by atoms with Crippen molar-refractivity contribution in [2.75, 3.05) is 6.61 Å². The van der Waals surface area contributed by atoms with Crippen LogP contribution in [0.3, 0.4) is 0 Å². The molecular weight excluding hydrogens is 299 g/mol. The number of carbonyl (C=O) groups excluding carboxylic acids is 1. The van der Waals surface area contributed by atoms with Gasteiger partial charge in [-0.2, -0.15) is 0 Å². The van der Waals surface area contributed by atoms with Crippen molar-refractivity contribution in [2.45, 2.75) is 6.92 Å². The van der Waals surface area contributed by atoms with Crippen LogP contribution < -0.4 is 56.8 Å². The van der Waals surface area contributed by atoms with E-state index in [4.69, 9.17) is 4.74 Å². The smallest absolute Gasteiger partial charge is 0.460 e. The summed E-state index contributed by atoms with van der Waals surface area (Å²) in [6, 6.07) is 3.11. The average Bonchev–Trinajstić information content (AvgIpc) is 2.36. The van der Waals surface area contributed by atoms with E-state index in [1.54, 1.807) is 6.92 Å². The predicted octanol–water partition coefficient (Wildman–Crippen LogP) is -1.14. The number of aromatic nitrogens is 2. The van der Waals surface area contributed by atoms with Crippen LogP contribution in [-0.4, -0.2) is 29.5 Å². The fourth-order valence-corrected chi connectivity index (χ4v) is 1.55. The first kappa shape index (κ1) is 17.6. The maximum Gasteiger partial charge on any atom is 1.00 e. The standard InChI is InChI=1S/C11H9BF3N2O2.K/c1-2-19-11(18)10-16-6-7-5-8(12(13,14)15)3-4-9(7)17-10;/h3-6H,2H2,1H3;/q-1;+1. The van der Waals surface area contributed by atoms with Gasteiger partial charge >= 0.3 is 64.3 Å². The van der Waals surface area contributed by atoms with Crippen LogP contribution in [0.2, 0.25) is 0 Å². The summed E-state index contributed by atoms with van der Waals surface area (Å²) in [4.78, 5) is 19.0. The van der Waals surface area contributed by atoms with E-state index < -0.39 is 18.4 Å². The first-order chi connectivity index (χ1) is 8.91. The molecule has 9 heteroatoms. The second-order valence-electron chi connectivity index (χ2n) is 3.81. The molecule has 0 bridgehead atoms. The van der Waals surface area contributed by atoms with Gasteiger partial charge in [0.25, 0.3) is 0 Å². The molecule has 0 saturated heterocycles. The largest absolute Gasteiger partial charge is 1.00 e. The molecule has 0 N–H and O–H groups in total. The number of carbonyl (C=O) groups is 1. The van der Waals surface area contributed by atoms with Gasteiger partial charge < -0.3 is 17.7 Å². The monoisotopic (exact) mass is 308 g/mol. The fraction of sp³-hybridized carbons (Fsp3) is 0.182. The first-order valence-corrected chi connectivity index (χ1v) is 5.55. The molecule has 0 atom stereocenters. The molecule has 2 aromatic rings. The number of hydrogen-bond acceptors (Lipinski definition) is 4. The van der Waals surface area contributed by atoms with Gasteiger partial charge in [-0.05, 0) is 13.0 Å². The minimum absolute atomic E-state index is 0. The van der Waals surface area contributed by atoms with Crippen molar-refractivity contribution in [1.82, 2.24) is 9.97 Å². The zero-order valence-corrected chi connectivity index (χ0v) is 14.1. The summed E-state index contributed by atoms with van der Waals surface area (Å²) in [6.45, 7) is -3.25. The molecular formula is C11H9BF3KN2O2. The van der Waals surface area contributed by atoms with Gasteiger partial charge in [0.05, 0.1) is 12.1 Å². The molecule has 2 rings (SSSR count). The third kappa shape index (κ3) is 4.01. The summed E-state index contributed by atoms with van der Waals surface area (Å²) < 4.78 is 42.4. The van der Waals surface area contributed by atoms with Gasteiger partial charge in [0.1, 0.15) is 0 Å². The Morgan fingerprint density at radius 3 is 2.65 bits per heavy atom. The molecule has 0 amide bonds. The SMILES string of the molecule is CCOC(=O)c1ncc2cc([B-](F)(F)F)ccc2n1.[K+]. The topological polar surface area (TPSA) is 52.1 Å². The number of benzene rings is 1. The van der Waals surface area contributed by atoms with Crippen molar-refractivity contribution in [1.29, 1.82) is 0 Å². The van der Waals surface area contributed by atoms with Crippen LogP contribution in [0.4, 0.5) is 12.9 Å². The number of hydrogen-bond donors (Lipinski definition) is 0. The van der Waals surface area contributed by atoms with E-state index in [0.29, 0.717) is 0 Å². The first-order valence-electron chi connectivity index (χ1n) is 5.55. The number of nitrogens with zero attached hydrogens (tertiary/aromatic N) is 2. The average molecular weight is 308 g/mol. The van der Waals surface area contributed by atoms with Gasteiger partial charge in [-0.1, -0.05) is 12.1 Å². The number of fused-ring (bicyclic) bond motifs is 1. The predicted molar refractivity (Wildman–Crippen MR) is 64.2 cm³/mol. The van der Waals surface area contributed by atoms with E-state index >= 15 is 0 Å². The Balaban J connectivity index is 0.00000200. The van der Waals surface area contributed by atoms with Gasteiger partial charge in [-0.3, -0.25) is 0 Å². The van der Waals surface area contributed by atoms with Crippen LogP contribution in [0.25, 0.3) is 10.9 Å². The summed E-state index contributed by atoms with van der Waals surface area (Å²) in [5.41, 5.74) is -0.457. The summed E-state index contributed by atoms with van der Waals surface area (Å²) in [5, 5.41) is 0.227. The zero-order chi connectivity index (χ0) is 14.0. The van der Waals surface area contributed by atoms with E-state index in [0.717, 1.165) is 12.1 Å². The Hall–Kier alpha value is -0.479. The Kier molecular flexibility index (Phi) is 6.14. The van der Waals surface area contributed by atoms with Crippen LogP contribution in [-0.2, 0) is 4.74 Å². The molecule has 0 radical (unpaired) electrons. The quantitative estimate of drug-likeness (QED) is 0.532. The molecule has 0 saturated carbocycles. The Morgan fingerprint density at radius 2 is 2.05 bits per heavy atom. The van der Waals surface area contributed by atoms with E-state index in [9.17, 15) is 17.7 Å². The van der Waals surface area contributed by atoms with E-state index in [1.165, 1.54) is 12.3 Å². The van der Waals surface area contributed by atoms with Crippen LogP contribution in [0.15, 0.2) is 24.4 Å². The summed E-state index contributed by atoms with van der Waals surface area (Å²) >= 11 is 0. The second kappa shape index (κ2) is 6.99. The summed E-state index contributed by atoms with van der Waals surface area (Å²) in [5.74, 6) is -0.867. The molecule has 4 nitrogen and oxygen atoms in total. The number of esters is 1. The van der Waals surface area contributed by atoms with Crippen molar-refractivity contribution in [3.63, 3.8) is 0 Å². The molecule has 1 aromatic heterocycles. The van der Waals surface area contributed by atoms with Gasteiger partial charge in [-0.15, -0.1) is 5.46 Å².